The molecule has 4 N–H and O–H groups in total. The van der Waals surface area contributed by atoms with Gasteiger partial charge in [0.15, 0.2) is 0 Å². The Bertz CT molecular complexity index is 1720. The molecule has 0 fully saturated rings. The summed E-state index contributed by atoms with van der Waals surface area (Å²) in [5.41, 5.74) is 0. The third-order valence-corrected chi connectivity index (χ3v) is 22.2. The van der Waals surface area contributed by atoms with Crippen molar-refractivity contribution in [3.63, 3.8) is 0 Å². The third-order valence-electron chi connectivity index (χ3n) is 9.83. The predicted molar refractivity (Wildman–Crippen MR) is 273 cm³/mol. The summed E-state index contributed by atoms with van der Waals surface area (Å²) in [6, 6.07) is 64.3. The molecule has 6 nitrogen and oxygen atoms in total. The van der Waals surface area contributed by atoms with E-state index in [0.29, 0.717) is 24.9 Å². The van der Waals surface area contributed by atoms with E-state index in [4.69, 9.17) is 27.9 Å². The maximum atomic E-state index is 10.0. The van der Waals surface area contributed by atoms with E-state index < -0.39 is 38.4 Å². The normalized spacial score (nSPS) is 12.4. The van der Waals surface area contributed by atoms with Gasteiger partial charge in [-0.15, -0.1) is 0 Å². The van der Waals surface area contributed by atoms with Gasteiger partial charge in [0.1, 0.15) is 46.4 Å². The molecule has 0 aliphatic rings. The van der Waals surface area contributed by atoms with Crippen molar-refractivity contribution < 1.29 is 34.3 Å². The second-order valence-corrected chi connectivity index (χ2v) is 61.1. The predicted octanol–water partition coefficient (Wildman–Crippen LogP) is 9.03. The van der Waals surface area contributed by atoms with Crippen molar-refractivity contribution in [3.05, 3.63) is 182 Å². The molecule has 0 atom stereocenters. The molecule has 0 aliphatic carbocycles. The van der Waals surface area contributed by atoms with Gasteiger partial charge in [-0.2, -0.15) is 0 Å². The zero-order valence-electron chi connectivity index (χ0n) is 32.9. The first-order valence-corrected chi connectivity index (χ1v) is 40.0. The van der Waals surface area contributed by atoms with Gasteiger partial charge in [-0.25, -0.2) is 0 Å². The van der Waals surface area contributed by atoms with Crippen LogP contribution in [-0.2, 0) is 15.1 Å². The van der Waals surface area contributed by atoms with Crippen LogP contribution in [0.3, 0.4) is 0 Å². The van der Waals surface area contributed by atoms with Crippen LogP contribution in [0.15, 0.2) is 182 Å². The monoisotopic (exact) mass is 1220 g/mol. The van der Waals surface area contributed by atoms with Crippen molar-refractivity contribution in [3.8, 4) is 0 Å². The van der Waals surface area contributed by atoms with E-state index in [1.54, 1.807) is 0 Å². The van der Waals surface area contributed by atoms with Crippen LogP contribution in [0.2, 0.25) is 12.1 Å². The fourth-order valence-electron chi connectivity index (χ4n) is 7.06. The Labute approximate surface area is 385 Å². The summed E-state index contributed by atoms with van der Waals surface area (Å²) in [5.74, 6) is 0. The van der Waals surface area contributed by atoms with Crippen LogP contribution in [0.25, 0.3) is 0 Å². The molecule has 320 valence electrons. The number of halogens is 4. The van der Waals surface area contributed by atoms with Gasteiger partial charge in [0.2, 0.25) is 0 Å². The Morgan fingerprint density at radius 3 is 0.746 bits per heavy atom. The molecule has 0 bridgehead atoms. The molecule has 59 heavy (non-hydrogen) atoms. The fraction of sp³-hybridized carbons (Fsp3) is 0.182. The van der Waals surface area contributed by atoms with Crippen LogP contribution in [0, 0.1) is 0 Å². The second kappa shape index (κ2) is 24.8. The molecular formula is C44H52Cl2I2O6P2PdSi2. The fourth-order valence-corrected chi connectivity index (χ4v) is 18.0. The quantitative estimate of drug-likeness (QED) is 0.0439. The van der Waals surface area contributed by atoms with Gasteiger partial charge in [0.25, 0.3) is 0 Å². The molecule has 0 aromatic heterocycles. The molecule has 0 unspecified atom stereocenters. The van der Waals surface area contributed by atoms with E-state index in [1.165, 1.54) is 46.0 Å². The Morgan fingerprint density at radius 2 is 0.593 bits per heavy atom. The van der Waals surface area contributed by atoms with Gasteiger partial charge in [-0.05, 0) is 85.6 Å². The minimum absolute atomic E-state index is 0.303. The molecule has 0 aliphatic heterocycles. The van der Waals surface area contributed by atoms with Gasteiger partial charge in [-0.3, -0.25) is 0 Å². The average molecular weight is 1230 g/mol. The van der Waals surface area contributed by atoms with E-state index in [1.807, 2.05) is 75.4 Å². The van der Waals surface area contributed by atoms with Crippen LogP contribution < -0.4 is 31.8 Å². The second-order valence-electron chi connectivity index (χ2n) is 13.5. The number of benzene rings is 6. The van der Waals surface area contributed by atoms with E-state index in [-0.39, 0.29) is 0 Å². The Balaban J connectivity index is 0.000000234. The minimum atomic E-state index is -3.56. The molecule has 0 radical (unpaired) electrons. The first-order chi connectivity index (χ1) is 28.2. The summed E-state index contributed by atoms with van der Waals surface area (Å²) in [6.45, 7) is 0. The van der Waals surface area contributed by atoms with E-state index >= 15 is 0 Å². The first-order valence-electron chi connectivity index (χ1n) is 18.7. The van der Waals surface area contributed by atoms with Crippen molar-refractivity contribution in [2.45, 2.75) is 24.9 Å². The SMILES string of the molecule is CO[Si](O)(O)CCC[P+](c1ccccc1)(c1ccccc1)c1ccccc1.CO[Si](O)(O)CCC[P+](c1ccccc1)(c1ccccc1)c1ccccc1.[Cl][Pd-2]([Cl])([I])[I]. The maximum absolute atomic E-state index is 10.0. The van der Waals surface area contributed by atoms with Crippen molar-refractivity contribution in [2.75, 3.05) is 26.5 Å². The Kier molecular flexibility index (Phi) is 21.3. The third kappa shape index (κ3) is 15.7. The van der Waals surface area contributed by atoms with Crippen molar-refractivity contribution >= 4 is 122 Å². The summed E-state index contributed by atoms with van der Waals surface area (Å²) in [5, 5.41) is 7.85. The van der Waals surface area contributed by atoms with Crippen molar-refractivity contribution in [1.82, 2.24) is 0 Å². The van der Waals surface area contributed by atoms with Crippen LogP contribution in [0.1, 0.15) is 12.8 Å². The standard InChI is InChI=1S/2C22H26O3PSi.2ClH.2HI.Pd/c2*1-25-27(23,24)19-11-18-26(20-12-5-2-6-13-20,21-14-7-3-8-15-21)22-16-9-4-10-17-22;;;;;/h2*2-10,12-17,23-24H,11,18-19H2,1H3;4*1H;/q2*+1;;;;;+2/p-4. The molecule has 6 aromatic carbocycles. The summed E-state index contributed by atoms with van der Waals surface area (Å²) in [6.07, 6.45) is 1.30. The summed E-state index contributed by atoms with van der Waals surface area (Å²) >= 11 is 4.09. The average Bonchev–Trinajstić information content (AvgIpc) is 3.25. The molecule has 0 amide bonds. The van der Waals surface area contributed by atoms with Crippen LogP contribution in [0.5, 0.6) is 0 Å². The summed E-state index contributed by atoms with van der Waals surface area (Å²) in [7, 11) is 2.65. The van der Waals surface area contributed by atoms with Crippen LogP contribution in [0.4, 0.5) is 0 Å². The topological polar surface area (TPSA) is 99.4 Å². The van der Waals surface area contributed by atoms with Gasteiger partial charge in [-0.1, -0.05) is 109 Å². The van der Waals surface area contributed by atoms with E-state index in [0.717, 1.165) is 12.3 Å². The number of hydrogen-bond acceptors (Lipinski definition) is 6. The summed E-state index contributed by atoms with van der Waals surface area (Å²) in [4.78, 5) is 40.1. The van der Waals surface area contributed by atoms with Crippen molar-refractivity contribution in [1.29, 1.82) is 0 Å². The van der Waals surface area contributed by atoms with Crippen LogP contribution >= 0.6 is 72.6 Å². The molecule has 0 saturated heterocycles. The number of hydrogen-bond donors (Lipinski definition) is 4. The van der Waals surface area contributed by atoms with Gasteiger partial charge in [0, 0.05) is 26.3 Å². The molecule has 0 spiro atoms. The van der Waals surface area contributed by atoms with Gasteiger partial charge < -0.3 is 28.0 Å². The molecule has 0 heterocycles. The van der Waals surface area contributed by atoms with Gasteiger partial charge in [0.05, 0.1) is 12.3 Å². The van der Waals surface area contributed by atoms with E-state index in [2.05, 4.69) is 146 Å². The molecular weight excluding hydrogens is 1170 g/mol. The molecule has 6 rings (SSSR count). The number of rotatable bonds is 16. The zero-order valence-corrected chi connectivity index (χ0v) is 44.1. The van der Waals surface area contributed by atoms with E-state index in [9.17, 15) is 19.2 Å². The first kappa shape index (κ1) is 50.7. The van der Waals surface area contributed by atoms with Gasteiger partial charge >= 0.3 is 82.0 Å². The zero-order chi connectivity index (χ0) is 42.8. The molecule has 15 heteroatoms. The Hall–Kier alpha value is -0.924. The van der Waals surface area contributed by atoms with Crippen molar-refractivity contribution in [2.24, 2.45) is 0 Å². The molecule has 6 aromatic rings. The summed E-state index contributed by atoms with van der Waals surface area (Å²) < 4.78 is 9.86. The van der Waals surface area contributed by atoms with Crippen LogP contribution in [-0.4, -0.2) is 63.3 Å². The Morgan fingerprint density at radius 1 is 0.424 bits per heavy atom. The molecule has 0 saturated carbocycles.